The first-order valence-electron chi connectivity index (χ1n) is 9.05. The van der Waals surface area contributed by atoms with Crippen LogP contribution in [0, 0.1) is 0 Å². The zero-order valence-corrected chi connectivity index (χ0v) is 16.1. The number of pyridine rings is 1. The number of halogens is 1. The summed E-state index contributed by atoms with van der Waals surface area (Å²) in [6, 6.07) is 18.5. The zero-order valence-electron chi connectivity index (χ0n) is 15.3. The van der Waals surface area contributed by atoms with E-state index in [1.807, 2.05) is 12.1 Å². The van der Waals surface area contributed by atoms with Gasteiger partial charge < -0.3 is 10.0 Å². The van der Waals surface area contributed by atoms with Gasteiger partial charge in [-0.2, -0.15) is 0 Å². The average Bonchev–Trinajstić information content (AvgIpc) is 3.00. The third-order valence-electron chi connectivity index (χ3n) is 4.86. The first-order chi connectivity index (χ1) is 14.1. The molecule has 29 heavy (non-hydrogen) atoms. The fourth-order valence-corrected chi connectivity index (χ4v) is 3.74. The van der Waals surface area contributed by atoms with Gasteiger partial charge in [-0.1, -0.05) is 66.2 Å². The molecule has 6 heteroatoms. The summed E-state index contributed by atoms with van der Waals surface area (Å²) in [5.41, 5.74) is 1.84. The van der Waals surface area contributed by atoms with Gasteiger partial charge in [0.15, 0.2) is 0 Å². The number of aliphatic hydroxyl groups is 1. The van der Waals surface area contributed by atoms with Crippen LogP contribution in [0.25, 0.3) is 5.76 Å². The van der Waals surface area contributed by atoms with E-state index in [0.29, 0.717) is 16.1 Å². The molecule has 1 N–H and O–H groups in total. The van der Waals surface area contributed by atoms with Gasteiger partial charge in [0.1, 0.15) is 5.76 Å². The molecule has 1 atom stereocenters. The largest absolute Gasteiger partial charge is 0.507 e. The monoisotopic (exact) mass is 404 g/mol. The Kier molecular flexibility index (Phi) is 5.14. The molecule has 1 aliphatic rings. The van der Waals surface area contributed by atoms with Gasteiger partial charge in [0.2, 0.25) is 0 Å². The predicted octanol–water partition coefficient (Wildman–Crippen LogP) is 4.36. The smallest absolute Gasteiger partial charge is 0.295 e. The third kappa shape index (κ3) is 3.52. The maximum absolute atomic E-state index is 12.9. The number of nitrogens with zero attached hydrogens (tertiary/aromatic N) is 2. The van der Waals surface area contributed by atoms with Gasteiger partial charge in [-0.15, -0.1) is 0 Å². The maximum Gasteiger partial charge on any atom is 0.295 e. The number of carbonyl (C=O) groups excluding carboxylic acids is 2. The molecule has 0 radical (unpaired) electrons. The number of amides is 1. The summed E-state index contributed by atoms with van der Waals surface area (Å²) in [5, 5.41) is 11.4. The Labute approximate surface area is 172 Å². The minimum absolute atomic E-state index is 0.0261. The Morgan fingerprint density at radius 1 is 1.00 bits per heavy atom. The van der Waals surface area contributed by atoms with E-state index < -0.39 is 17.7 Å². The highest BCUT2D eigenvalue weighted by Gasteiger charge is 2.46. The molecule has 1 amide bonds. The van der Waals surface area contributed by atoms with E-state index in [2.05, 4.69) is 4.98 Å². The molecule has 0 saturated carbocycles. The van der Waals surface area contributed by atoms with E-state index in [1.54, 1.807) is 67.0 Å². The molecule has 144 valence electrons. The van der Waals surface area contributed by atoms with Crippen LogP contribution in [0.1, 0.15) is 22.7 Å². The van der Waals surface area contributed by atoms with Gasteiger partial charge in [0.25, 0.3) is 11.7 Å². The molecule has 4 rings (SSSR count). The van der Waals surface area contributed by atoms with Gasteiger partial charge in [0.05, 0.1) is 11.6 Å². The van der Waals surface area contributed by atoms with E-state index in [4.69, 9.17) is 11.6 Å². The van der Waals surface area contributed by atoms with E-state index in [1.165, 1.54) is 4.90 Å². The number of hydrogen-bond donors (Lipinski definition) is 1. The van der Waals surface area contributed by atoms with Crippen LogP contribution >= 0.6 is 11.6 Å². The topological polar surface area (TPSA) is 70.5 Å². The summed E-state index contributed by atoms with van der Waals surface area (Å²) in [7, 11) is 0. The van der Waals surface area contributed by atoms with Gasteiger partial charge in [-0.25, -0.2) is 0 Å². The Hall–Kier alpha value is -3.44. The van der Waals surface area contributed by atoms with E-state index in [0.717, 1.165) is 5.56 Å². The van der Waals surface area contributed by atoms with Gasteiger partial charge in [-0.05, 0) is 23.3 Å². The number of benzene rings is 2. The van der Waals surface area contributed by atoms with Crippen molar-refractivity contribution in [3.8, 4) is 0 Å². The van der Waals surface area contributed by atoms with Gasteiger partial charge in [0, 0.05) is 29.5 Å². The van der Waals surface area contributed by atoms with Crippen molar-refractivity contribution in [1.29, 1.82) is 0 Å². The average molecular weight is 405 g/mol. The minimum Gasteiger partial charge on any atom is -0.507 e. The van der Waals surface area contributed by atoms with E-state index in [-0.39, 0.29) is 17.9 Å². The molecule has 0 spiro atoms. The summed E-state index contributed by atoms with van der Waals surface area (Å²) in [6.07, 6.45) is 3.28. The highest BCUT2D eigenvalue weighted by Crippen LogP contribution is 2.42. The Morgan fingerprint density at radius 2 is 1.72 bits per heavy atom. The number of likely N-dealkylation sites (tertiary alicyclic amines) is 1. The first-order valence-corrected chi connectivity index (χ1v) is 9.43. The van der Waals surface area contributed by atoms with Crippen LogP contribution in [0.2, 0.25) is 5.02 Å². The Balaban J connectivity index is 1.89. The summed E-state index contributed by atoms with van der Waals surface area (Å²) in [4.78, 5) is 31.4. The molecule has 1 aliphatic heterocycles. The molecule has 2 heterocycles. The summed E-state index contributed by atoms with van der Waals surface area (Å²) in [6.45, 7) is 0.167. The summed E-state index contributed by atoms with van der Waals surface area (Å²) in [5.74, 6) is -1.64. The second-order valence-corrected chi connectivity index (χ2v) is 7.08. The second kappa shape index (κ2) is 7.89. The van der Waals surface area contributed by atoms with E-state index >= 15 is 0 Å². The third-order valence-corrected chi connectivity index (χ3v) is 5.21. The molecule has 0 bridgehead atoms. The lowest BCUT2D eigenvalue weighted by molar-refractivity contribution is -0.140. The minimum atomic E-state index is -0.802. The van der Waals surface area contributed by atoms with Crippen molar-refractivity contribution in [2.75, 3.05) is 0 Å². The normalized spacial score (nSPS) is 18.2. The number of hydrogen-bond acceptors (Lipinski definition) is 4. The van der Waals surface area contributed by atoms with E-state index in [9.17, 15) is 14.7 Å². The van der Waals surface area contributed by atoms with Gasteiger partial charge >= 0.3 is 0 Å². The lowest BCUT2D eigenvalue weighted by atomic mass is 9.95. The predicted molar refractivity (Wildman–Crippen MR) is 110 cm³/mol. The van der Waals surface area contributed by atoms with Crippen LogP contribution in [0.4, 0.5) is 0 Å². The van der Waals surface area contributed by atoms with Crippen molar-refractivity contribution >= 4 is 29.1 Å². The molecule has 0 aliphatic carbocycles. The molecule has 5 nitrogen and oxygen atoms in total. The SMILES string of the molecule is O=C1C(=O)N(Cc2cccnc2)[C@@H](c2ccccc2Cl)/C1=C(\O)c1ccccc1. The maximum atomic E-state index is 12.9. The molecule has 0 unspecified atom stereocenters. The Bertz CT molecular complexity index is 1100. The highest BCUT2D eigenvalue weighted by molar-refractivity contribution is 6.46. The number of rotatable bonds is 4. The number of Topliss-reactive ketones (excluding diaryl/α,β-unsaturated/α-hetero) is 1. The number of aliphatic hydroxyl groups excluding tert-OH is 1. The molecule has 2 aromatic carbocycles. The van der Waals surface area contributed by atoms with Crippen LogP contribution in [0.15, 0.2) is 84.7 Å². The molecular weight excluding hydrogens is 388 g/mol. The lowest BCUT2D eigenvalue weighted by Crippen LogP contribution is -2.29. The zero-order chi connectivity index (χ0) is 20.4. The van der Waals surface area contributed by atoms with Crippen LogP contribution in [0.3, 0.4) is 0 Å². The van der Waals surface area contributed by atoms with Crippen LogP contribution in [-0.4, -0.2) is 26.7 Å². The van der Waals surface area contributed by atoms with Crippen molar-refractivity contribution in [1.82, 2.24) is 9.88 Å². The standard InChI is InChI=1S/C23H17ClN2O3/c24-18-11-5-4-10-17(18)20-19(21(27)16-8-2-1-3-9-16)22(28)23(29)26(20)14-15-7-6-12-25-13-15/h1-13,20,27H,14H2/b21-19+/t20-/m0/s1. The number of aromatic nitrogens is 1. The highest BCUT2D eigenvalue weighted by atomic mass is 35.5. The number of carbonyl (C=O) groups is 2. The fourth-order valence-electron chi connectivity index (χ4n) is 3.50. The first kappa shape index (κ1) is 18.9. The van der Waals surface area contributed by atoms with Gasteiger partial charge in [-0.3, -0.25) is 14.6 Å². The van der Waals surface area contributed by atoms with Crippen molar-refractivity contribution in [3.63, 3.8) is 0 Å². The second-order valence-electron chi connectivity index (χ2n) is 6.68. The summed E-state index contributed by atoms with van der Waals surface area (Å²) >= 11 is 6.42. The molecular formula is C23H17ClN2O3. The molecule has 1 aromatic heterocycles. The lowest BCUT2D eigenvalue weighted by Gasteiger charge is -2.26. The molecule has 3 aromatic rings. The van der Waals surface area contributed by atoms with Crippen LogP contribution < -0.4 is 0 Å². The molecule has 1 saturated heterocycles. The van der Waals surface area contributed by atoms with Crippen LogP contribution in [-0.2, 0) is 16.1 Å². The van der Waals surface area contributed by atoms with Crippen molar-refractivity contribution in [2.24, 2.45) is 0 Å². The Morgan fingerprint density at radius 3 is 2.41 bits per heavy atom. The quantitative estimate of drug-likeness (QED) is 0.398. The summed E-state index contributed by atoms with van der Waals surface area (Å²) < 4.78 is 0. The number of ketones is 1. The van der Waals surface area contributed by atoms with Crippen molar-refractivity contribution in [2.45, 2.75) is 12.6 Å². The van der Waals surface area contributed by atoms with Crippen molar-refractivity contribution < 1.29 is 14.7 Å². The molecule has 1 fully saturated rings. The van der Waals surface area contributed by atoms with Crippen molar-refractivity contribution in [3.05, 3.63) is 106 Å². The van der Waals surface area contributed by atoms with Crippen LogP contribution in [0.5, 0.6) is 0 Å². The fraction of sp³-hybridized carbons (Fsp3) is 0.0870.